The number of nitrogens with two attached hydrogens (primary N) is 1. The Kier molecular flexibility index (Phi) is 2.15. The molecule has 1 saturated heterocycles. The van der Waals surface area contributed by atoms with Gasteiger partial charge in [-0.15, -0.1) is 0 Å². The molecule has 0 atom stereocenters. The van der Waals surface area contributed by atoms with E-state index in [0.29, 0.717) is 12.6 Å². The molecule has 1 spiro atoms. The number of rotatable bonds is 1. The predicted octanol–water partition coefficient (Wildman–Crippen LogP) is 0.186. The maximum Gasteiger partial charge on any atom is 0.282 e. The molecule has 0 amide bonds. The van der Waals surface area contributed by atoms with Gasteiger partial charge in [0.05, 0.1) is 0 Å². The smallest absolute Gasteiger partial charge is 0.282 e. The number of aliphatic imine (C=N–C) groups is 1. The first-order chi connectivity index (χ1) is 6.24. The van der Waals surface area contributed by atoms with Crippen molar-refractivity contribution in [2.45, 2.75) is 25.3 Å². The molecule has 4 nitrogen and oxygen atoms in total. The molecule has 0 aromatic heterocycles. The second-order valence-corrected chi connectivity index (χ2v) is 3.90. The Morgan fingerprint density at radius 3 is 2.69 bits per heavy atom. The summed E-state index contributed by atoms with van der Waals surface area (Å²) in [5, 5.41) is 0. The number of amidine groups is 1. The highest BCUT2D eigenvalue weighted by molar-refractivity contribution is 5.73. The fourth-order valence-corrected chi connectivity index (χ4v) is 2.05. The third kappa shape index (κ3) is 1.63. The summed E-state index contributed by atoms with van der Waals surface area (Å²) >= 11 is 0. The second kappa shape index (κ2) is 3.18. The zero-order valence-electron chi connectivity index (χ0n) is 8.12. The molecule has 74 valence electrons. The van der Waals surface area contributed by atoms with Crippen LogP contribution in [0.4, 0.5) is 0 Å². The van der Waals surface area contributed by atoms with Crippen LogP contribution in [-0.4, -0.2) is 42.7 Å². The van der Waals surface area contributed by atoms with Crippen molar-refractivity contribution in [2.24, 2.45) is 10.7 Å². The summed E-state index contributed by atoms with van der Waals surface area (Å²) in [5.41, 5.74) is 5.55. The van der Waals surface area contributed by atoms with Gasteiger partial charge < -0.3 is 15.4 Å². The maximum atomic E-state index is 5.52. The van der Waals surface area contributed by atoms with Crippen molar-refractivity contribution in [1.29, 1.82) is 0 Å². The summed E-state index contributed by atoms with van der Waals surface area (Å²) in [6, 6.07) is 0.380. The lowest BCUT2D eigenvalue weighted by atomic mass is 9.89. The largest absolute Gasteiger partial charge is 0.463 e. The average molecular weight is 183 g/mol. The molecule has 0 radical (unpaired) electrons. The van der Waals surface area contributed by atoms with Crippen LogP contribution in [0.5, 0.6) is 0 Å². The minimum atomic E-state index is 0.0236. The summed E-state index contributed by atoms with van der Waals surface area (Å²) in [6.07, 6.45) is 2.17. The lowest BCUT2D eigenvalue weighted by Gasteiger charge is -2.35. The number of hydrogen-bond donors (Lipinski definition) is 1. The monoisotopic (exact) mass is 183 g/mol. The molecular formula is C9H17N3O. The third-order valence-electron chi connectivity index (χ3n) is 3.07. The lowest BCUT2D eigenvalue weighted by molar-refractivity contribution is 0.139. The highest BCUT2D eigenvalue weighted by Gasteiger charge is 2.38. The normalized spacial score (nSPS) is 27.3. The summed E-state index contributed by atoms with van der Waals surface area (Å²) in [4.78, 5) is 6.83. The first-order valence-electron chi connectivity index (χ1n) is 4.95. The third-order valence-corrected chi connectivity index (χ3v) is 3.07. The number of likely N-dealkylation sites (tertiary alicyclic amines) is 1. The molecule has 2 aliphatic heterocycles. The molecular weight excluding hydrogens is 166 g/mol. The molecule has 13 heavy (non-hydrogen) atoms. The van der Waals surface area contributed by atoms with Crippen LogP contribution in [0.1, 0.15) is 19.8 Å². The minimum absolute atomic E-state index is 0.0236. The minimum Gasteiger partial charge on any atom is -0.463 e. The molecule has 0 aromatic carbocycles. The number of ether oxygens (including phenoxy) is 1. The van der Waals surface area contributed by atoms with E-state index >= 15 is 0 Å². The van der Waals surface area contributed by atoms with Crippen LogP contribution in [0.25, 0.3) is 0 Å². The van der Waals surface area contributed by atoms with Gasteiger partial charge in [0.25, 0.3) is 6.02 Å². The van der Waals surface area contributed by atoms with E-state index < -0.39 is 0 Å². The van der Waals surface area contributed by atoms with Gasteiger partial charge in [-0.25, -0.2) is 4.99 Å². The number of piperidine rings is 1. The van der Waals surface area contributed by atoms with Gasteiger partial charge in [0.15, 0.2) is 0 Å². The maximum absolute atomic E-state index is 5.52. The van der Waals surface area contributed by atoms with E-state index in [1.807, 2.05) is 0 Å². The molecule has 2 aliphatic rings. The topological polar surface area (TPSA) is 50.9 Å². The van der Waals surface area contributed by atoms with Crippen molar-refractivity contribution in [3.05, 3.63) is 0 Å². The van der Waals surface area contributed by atoms with Crippen molar-refractivity contribution in [3.8, 4) is 0 Å². The first kappa shape index (κ1) is 8.81. The van der Waals surface area contributed by atoms with Gasteiger partial charge in [0.1, 0.15) is 12.1 Å². The average Bonchev–Trinajstić information content (AvgIpc) is 2.49. The fourth-order valence-electron chi connectivity index (χ4n) is 2.05. The Labute approximate surface area is 78.8 Å². The van der Waals surface area contributed by atoms with Gasteiger partial charge in [0.2, 0.25) is 0 Å². The number of hydrogen-bond acceptors (Lipinski definition) is 4. The molecule has 0 aliphatic carbocycles. The Hall–Kier alpha value is -0.770. The van der Waals surface area contributed by atoms with Crippen LogP contribution in [0.15, 0.2) is 4.99 Å². The Morgan fingerprint density at radius 1 is 1.54 bits per heavy atom. The van der Waals surface area contributed by atoms with Crippen molar-refractivity contribution in [2.75, 3.05) is 26.2 Å². The van der Waals surface area contributed by atoms with Crippen molar-refractivity contribution < 1.29 is 4.74 Å². The highest BCUT2D eigenvalue weighted by atomic mass is 16.5. The van der Waals surface area contributed by atoms with Crippen LogP contribution in [0.2, 0.25) is 0 Å². The summed E-state index contributed by atoms with van der Waals surface area (Å²) in [7, 11) is 0. The van der Waals surface area contributed by atoms with Gasteiger partial charge in [-0.2, -0.15) is 0 Å². The Balaban J connectivity index is 1.97. The predicted molar refractivity (Wildman–Crippen MR) is 51.7 cm³/mol. The highest BCUT2D eigenvalue weighted by Crippen LogP contribution is 2.29. The van der Waals surface area contributed by atoms with E-state index in [4.69, 9.17) is 10.5 Å². The van der Waals surface area contributed by atoms with E-state index in [9.17, 15) is 0 Å². The summed E-state index contributed by atoms with van der Waals surface area (Å²) in [6.45, 7) is 6.26. The van der Waals surface area contributed by atoms with E-state index in [0.717, 1.165) is 32.5 Å². The van der Waals surface area contributed by atoms with Crippen LogP contribution in [0, 0.1) is 0 Å². The van der Waals surface area contributed by atoms with E-state index in [1.54, 1.807) is 0 Å². The molecule has 2 N–H and O–H groups in total. The van der Waals surface area contributed by atoms with Gasteiger partial charge >= 0.3 is 0 Å². The number of nitrogens with zero attached hydrogens (tertiary/aromatic N) is 2. The van der Waals surface area contributed by atoms with Crippen LogP contribution < -0.4 is 5.73 Å². The van der Waals surface area contributed by atoms with Gasteiger partial charge in [-0.1, -0.05) is 6.92 Å². The van der Waals surface area contributed by atoms with Gasteiger partial charge in [-0.3, -0.25) is 0 Å². The lowest BCUT2D eigenvalue weighted by Crippen LogP contribution is -2.44. The van der Waals surface area contributed by atoms with Crippen molar-refractivity contribution >= 4 is 6.02 Å². The quantitative estimate of drug-likeness (QED) is 0.631. The van der Waals surface area contributed by atoms with Crippen LogP contribution >= 0.6 is 0 Å². The molecule has 2 heterocycles. The molecule has 0 saturated carbocycles. The van der Waals surface area contributed by atoms with Crippen LogP contribution in [-0.2, 0) is 4.74 Å². The van der Waals surface area contributed by atoms with E-state index in [-0.39, 0.29) is 5.54 Å². The Bertz CT molecular complexity index is 219. The zero-order valence-corrected chi connectivity index (χ0v) is 8.12. The van der Waals surface area contributed by atoms with Crippen molar-refractivity contribution in [3.63, 3.8) is 0 Å². The molecule has 0 unspecified atom stereocenters. The van der Waals surface area contributed by atoms with Crippen molar-refractivity contribution in [1.82, 2.24) is 4.90 Å². The zero-order chi connectivity index (χ0) is 9.31. The second-order valence-electron chi connectivity index (χ2n) is 3.90. The van der Waals surface area contributed by atoms with Crippen LogP contribution in [0.3, 0.4) is 0 Å². The van der Waals surface area contributed by atoms with Gasteiger partial charge in [-0.05, 0) is 19.4 Å². The summed E-state index contributed by atoms with van der Waals surface area (Å²) in [5.74, 6) is 0. The molecule has 0 aromatic rings. The van der Waals surface area contributed by atoms with Gasteiger partial charge in [0, 0.05) is 13.1 Å². The standard InChI is InChI=1S/C9H17N3O/c1-2-12-5-3-9(4-6-12)7-13-8(10)11-9/h2-7H2,1H3,(H2,10,11). The summed E-state index contributed by atoms with van der Waals surface area (Å²) < 4.78 is 5.22. The SMILES string of the molecule is CCN1CCC2(CC1)COC(N)=N2. The van der Waals surface area contributed by atoms with E-state index in [2.05, 4.69) is 16.8 Å². The Morgan fingerprint density at radius 2 is 2.23 bits per heavy atom. The molecule has 0 bridgehead atoms. The molecule has 1 fully saturated rings. The van der Waals surface area contributed by atoms with E-state index in [1.165, 1.54) is 0 Å². The molecule has 4 heteroatoms. The molecule has 2 rings (SSSR count). The first-order valence-corrected chi connectivity index (χ1v) is 4.95. The fraction of sp³-hybridized carbons (Fsp3) is 0.889.